The number of nitrogens with zero attached hydrogens (tertiary/aromatic N) is 1. The molecule has 1 saturated heterocycles. The maximum atomic E-state index is 12.1. The summed E-state index contributed by atoms with van der Waals surface area (Å²) < 4.78 is 0.864. The third kappa shape index (κ3) is 4.32. The molecule has 0 aromatic heterocycles. The van der Waals surface area contributed by atoms with Gasteiger partial charge in [-0.3, -0.25) is 4.79 Å². The van der Waals surface area contributed by atoms with Crippen LogP contribution in [0.2, 0.25) is 0 Å². The molecule has 0 unspecified atom stereocenters. The van der Waals surface area contributed by atoms with E-state index in [0.717, 1.165) is 23.1 Å². The van der Waals surface area contributed by atoms with E-state index >= 15 is 0 Å². The molecule has 3 nitrogen and oxygen atoms in total. The molecule has 1 aromatic rings. The number of piperidine rings is 1. The molecular formula is C15H21BrN2O. The van der Waals surface area contributed by atoms with Gasteiger partial charge in [0, 0.05) is 17.6 Å². The highest BCUT2D eigenvalue weighted by Gasteiger charge is 2.12. The van der Waals surface area contributed by atoms with Crippen LogP contribution in [0.25, 0.3) is 0 Å². The highest BCUT2D eigenvalue weighted by atomic mass is 79.9. The van der Waals surface area contributed by atoms with E-state index in [9.17, 15) is 4.79 Å². The number of nitrogens with one attached hydrogen (secondary N) is 1. The number of carbonyl (C=O) groups is 1. The van der Waals surface area contributed by atoms with Crippen LogP contribution < -0.4 is 5.32 Å². The zero-order valence-corrected chi connectivity index (χ0v) is 13.0. The predicted octanol–water partition coefficient (Wildman–Crippen LogP) is 2.97. The van der Waals surface area contributed by atoms with Crippen molar-refractivity contribution in [1.29, 1.82) is 0 Å². The fourth-order valence-corrected chi connectivity index (χ4v) is 3.08. The fraction of sp³-hybridized carbons (Fsp3) is 0.533. The monoisotopic (exact) mass is 324 g/mol. The van der Waals surface area contributed by atoms with Crippen LogP contribution in [-0.4, -0.2) is 37.0 Å². The van der Waals surface area contributed by atoms with Gasteiger partial charge in [-0.15, -0.1) is 0 Å². The third-order valence-corrected chi connectivity index (χ3v) is 4.19. The minimum absolute atomic E-state index is 0.00360. The quantitative estimate of drug-likeness (QED) is 0.923. The first-order valence-electron chi connectivity index (χ1n) is 6.93. The van der Waals surface area contributed by atoms with E-state index in [-0.39, 0.29) is 5.91 Å². The van der Waals surface area contributed by atoms with Gasteiger partial charge in [0.2, 0.25) is 0 Å². The molecule has 2 rings (SSSR count). The first-order valence-corrected chi connectivity index (χ1v) is 7.73. The van der Waals surface area contributed by atoms with Crippen LogP contribution in [-0.2, 0) is 0 Å². The normalized spacial score (nSPS) is 16.3. The first-order chi connectivity index (χ1) is 9.16. The number of hydrogen-bond acceptors (Lipinski definition) is 2. The molecule has 1 aliphatic rings. The highest BCUT2D eigenvalue weighted by Crippen LogP contribution is 2.18. The number of amides is 1. The van der Waals surface area contributed by atoms with E-state index in [1.165, 1.54) is 32.4 Å². The third-order valence-electron chi connectivity index (χ3n) is 3.53. The van der Waals surface area contributed by atoms with Gasteiger partial charge in [-0.2, -0.15) is 0 Å². The van der Waals surface area contributed by atoms with Crippen LogP contribution in [0.15, 0.2) is 22.7 Å². The van der Waals surface area contributed by atoms with Crippen molar-refractivity contribution < 1.29 is 4.79 Å². The van der Waals surface area contributed by atoms with Crippen molar-refractivity contribution in [3.8, 4) is 0 Å². The number of benzene rings is 1. The van der Waals surface area contributed by atoms with E-state index in [1.54, 1.807) is 0 Å². The minimum Gasteiger partial charge on any atom is -0.351 e. The number of carbonyl (C=O) groups excluding carboxylic acids is 1. The summed E-state index contributed by atoms with van der Waals surface area (Å²) in [5.41, 5.74) is 1.86. The number of aryl methyl sites for hydroxylation is 1. The molecule has 19 heavy (non-hydrogen) atoms. The van der Waals surface area contributed by atoms with Crippen molar-refractivity contribution >= 4 is 21.8 Å². The molecule has 104 valence electrons. The molecule has 4 heteroatoms. The molecule has 1 N–H and O–H groups in total. The van der Waals surface area contributed by atoms with Crippen LogP contribution in [0.4, 0.5) is 0 Å². The lowest BCUT2D eigenvalue weighted by molar-refractivity contribution is 0.0946. The van der Waals surface area contributed by atoms with E-state index < -0.39 is 0 Å². The van der Waals surface area contributed by atoms with Gasteiger partial charge >= 0.3 is 0 Å². The molecule has 0 atom stereocenters. The van der Waals surface area contributed by atoms with Crippen molar-refractivity contribution in [1.82, 2.24) is 10.2 Å². The Kier molecular flexibility index (Phi) is 5.40. The van der Waals surface area contributed by atoms with Crippen LogP contribution >= 0.6 is 15.9 Å². The minimum atomic E-state index is 0.00360. The fourth-order valence-electron chi connectivity index (χ4n) is 2.41. The van der Waals surface area contributed by atoms with Gasteiger partial charge in [0.25, 0.3) is 5.91 Å². The van der Waals surface area contributed by atoms with E-state index in [2.05, 4.69) is 26.1 Å². The second kappa shape index (κ2) is 7.06. The molecule has 1 aliphatic heterocycles. The second-order valence-corrected chi connectivity index (χ2v) is 6.00. The SMILES string of the molecule is Cc1ccc(C(=O)NCCN2CCCCC2)c(Br)c1. The van der Waals surface area contributed by atoms with Crippen LogP contribution in [0.5, 0.6) is 0 Å². The number of rotatable bonds is 4. The standard InChI is InChI=1S/C15H21BrN2O/c1-12-5-6-13(14(16)11-12)15(19)17-7-10-18-8-3-2-4-9-18/h5-6,11H,2-4,7-10H2,1H3,(H,17,19). The Balaban J connectivity index is 1.80. The molecule has 1 amide bonds. The van der Waals surface area contributed by atoms with Crippen LogP contribution in [0, 0.1) is 6.92 Å². The zero-order valence-electron chi connectivity index (χ0n) is 11.4. The smallest absolute Gasteiger partial charge is 0.252 e. The van der Waals surface area contributed by atoms with Gasteiger partial charge < -0.3 is 10.2 Å². The average Bonchev–Trinajstić information content (AvgIpc) is 2.39. The molecule has 1 fully saturated rings. The van der Waals surface area contributed by atoms with Crippen molar-refractivity contribution in [2.45, 2.75) is 26.2 Å². The second-order valence-electron chi connectivity index (χ2n) is 5.14. The lowest BCUT2D eigenvalue weighted by Crippen LogP contribution is -2.37. The van der Waals surface area contributed by atoms with Crippen LogP contribution in [0.3, 0.4) is 0 Å². The summed E-state index contributed by atoms with van der Waals surface area (Å²) >= 11 is 3.44. The summed E-state index contributed by atoms with van der Waals surface area (Å²) in [5.74, 6) is 0.00360. The molecule has 0 aliphatic carbocycles. The highest BCUT2D eigenvalue weighted by molar-refractivity contribution is 9.10. The molecular weight excluding hydrogens is 304 g/mol. The molecule has 1 aromatic carbocycles. The molecule has 1 heterocycles. The first kappa shape index (κ1) is 14.5. The zero-order chi connectivity index (χ0) is 13.7. The summed E-state index contributed by atoms with van der Waals surface area (Å²) in [4.78, 5) is 14.5. The predicted molar refractivity (Wildman–Crippen MR) is 81.5 cm³/mol. The Hall–Kier alpha value is -0.870. The molecule has 0 bridgehead atoms. The lowest BCUT2D eigenvalue weighted by Gasteiger charge is -2.26. The summed E-state index contributed by atoms with van der Waals surface area (Å²) in [6.45, 7) is 6.03. The molecule has 0 radical (unpaired) electrons. The van der Waals surface area contributed by atoms with Crippen molar-refractivity contribution in [2.75, 3.05) is 26.2 Å². The Morgan fingerprint density at radius 2 is 2.05 bits per heavy atom. The summed E-state index contributed by atoms with van der Waals surface area (Å²) in [6.07, 6.45) is 3.92. The Bertz CT molecular complexity index is 442. The van der Waals surface area contributed by atoms with Crippen molar-refractivity contribution in [2.24, 2.45) is 0 Å². The van der Waals surface area contributed by atoms with Gasteiger partial charge in [0.15, 0.2) is 0 Å². The molecule has 0 spiro atoms. The van der Waals surface area contributed by atoms with Crippen molar-refractivity contribution in [3.63, 3.8) is 0 Å². The maximum Gasteiger partial charge on any atom is 0.252 e. The average molecular weight is 325 g/mol. The number of hydrogen-bond donors (Lipinski definition) is 1. The summed E-state index contributed by atoms with van der Waals surface area (Å²) in [7, 11) is 0. The van der Waals surface area contributed by atoms with E-state index in [1.807, 2.05) is 25.1 Å². The van der Waals surface area contributed by atoms with Gasteiger partial charge in [0.1, 0.15) is 0 Å². The number of halogens is 1. The Morgan fingerprint density at radius 1 is 1.32 bits per heavy atom. The number of likely N-dealkylation sites (tertiary alicyclic amines) is 1. The Labute approximate surface area is 123 Å². The van der Waals surface area contributed by atoms with E-state index in [0.29, 0.717) is 5.56 Å². The van der Waals surface area contributed by atoms with Gasteiger partial charge in [-0.1, -0.05) is 12.5 Å². The Morgan fingerprint density at radius 3 is 2.74 bits per heavy atom. The summed E-state index contributed by atoms with van der Waals surface area (Å²) in [6, 6.07) is 5.81. The summed E-state index contributed by atoms with van der Waals surface area (Å²) in [5, 5.41) is 3.00. The maximum absolute atomic E-state index is 12.1. The molecule has 0 saturated carbocycles. The van der Waals surface area contributed by atoms with Crippen LogP contribution in [0.1, 0.15) is 35.2 Å². The van der Waals surface area contributed by atoms with E-state index in [4.69, 9.17) is 0 Å². The van der Waals surface area contributed by atoms with Gasteiger partial charge in [-0.25, -0.2) is 0 Å². The largest absolute Gasteiger partial charge is 0.351 e. The van der Waals surface area contributed by atoms with Crippen molar-refractivity contribution in [3.05, 3.63) is 33.8 Å². The van der Waals surface area contributed by atoms with Gasteiger partial charge in [-0.05, 0) is 66.5 Å². The lowest BCUT2D eigenvalue weighted by atomic mass is 10.1. The van der Waals surface area contributed by atoms with Gasteiger partial charge in [0.05, 0.1) is 5.56 Å². The topological polar surface area (TPSA) is 32.3 Å².